The fraction of sp³-hybridized carbons (Fsp3) is 0.533. The first-order valence-corrected chi connectivity index (χ1v) is 7.17. The van der Waals surface area contributed by atoms with Gasteiger partial charge in [-0.3, -0.25) is 4.79 Å². The van der Waals surface area contributed by atoms with Crippen LogP contribution in [-0.2, 0) is 0 Å². The molecule has 0 aromatic heterocycles. The number of carbonyl (C=O) groups excluding carboxylic acids is 1. The number of hydrogen-bond acceptors (Lipinski definition) is 3. The second-order valence-electron chi connectivity index (χ2n) is 5.29. The minimum atomic E-state index is -0.294. The molecular weight excluding hydrogens is 278 g/mol. The number of amides is 1. The number of nitrogens with zero attached hydrogens (tertiary/aromatic N) is 1. The van der Waals surface area contributed by atoms with Gasteiger partial charge in [-0.05, 0) is 31.0 Å². The lowest BCUT2D eigenvalue weighted by molar-refractivity contribution is 0.0690. The molecule has 2 atom stereocenters. The summed E-state index contributed by atoms with van der Waals surface area (Å²) in [5.74, 6) is 0.529. The van der Waals surface area contributed by atoms with E-state index in [2.05, 4.69) is 0 Å². The summed E-state index contributed by atoms with van der Waals surface area (Å²) in [7, 11) is 3.27. The lowest BCUT2D eigenvalue weighted by Gasteiger charge is -2.24. The van der Waals surface area contributed by atoms with Crippen molar-refractivity contribution in [2.45, 2.75) is 25.4 Å². The predicted octanol–water partition coefficient (Wildman–Crippen LogP) is 2.58. The summed E-state index contributed by atoms with van der Waals surface area (Å²) in [6, 6.07) is 4.98. The van der Waals surface area contributed by atoms with Gasteiger partial charge in [0.2, 0.25) is 0 Å². The Morgan fingerprint density at radius 1 is 1.50 bits per heavy atom. The highest BCUT2D eigenvalue weighted by Gasteiger charge is 2.28. The van der Waals surface area contributed by atoms with E-state index in [0.29, 0.717) is 22.9 Å². The molecule has 4 nitrogen and oxygen atoms in total. The van der Waals surface area contributed by atoms with Gasteiger partial charge in [-0.25, -0.2) is 0 Å². The van der Waals surface area contributed by atoms with Crippen molar-refractivity contribution in [3.05, 3.63) is 28.8 Å². The maximum absolute atomic E-state index is 12.5. The maximum atomic E-state index is 12.5. The molecule has 1 saturated carbocycles. The zero-order chi connectivity index (χ0) is 14.7. The summed E-state index contributed by atoms with van der Waals surface area (Å²) < 4.78 is 5.21. The lowest BCUT2D eigenvalue weighted by Crippen LogP contribution is -2.34. The normalized spacial score (nSPS) is 21.8. The van der Waals surface area contributed by atoms with Crippen LogP contribution in [0.3, 0.4) is 0 Å². The third kappa shape index (κ3) is 3.25. The number of aliphatic hydroxyl groups is 1. The molecule has 0 spiro atoms. The summed E-state index contributed by atoms with van der Waals surface area (Å²) in [5, 5.41) is 10.4. The average molecular weight is 298 g/mol. The smallest absolute Gasteiger partial charge is 0.257 e. The minimum absolute atomic E-state index is 0.113. The van der Waals surface area contributed by atoms with E-state index < -0.39 is 0 Å². The molecular formula is C15H20ClNO3. The molecule has 2 rings (SSSR count). The SMILES string of the molecule is COc1cc(Cl)ccc1C(=O)N(C)CC1CCCC1O. The van der Waals surface area contributed by atoms with Crippen LogP contribution in [0.1, 0.15) is 29.6 Å². The molecule has 1 aromatic carbocycles. The molecule has 20 heavy (non-hydrogen) atoms. The molecule has 1 amide bonds. The van der Waals surface area contributed by atoms with Gasteiger partial charge in [0.25, 0.3) is 5.91 Å². The summed E-state index contributed by atoms with van der Waals surface area (Å²) in [4.78, 5) is 14.1. The van der Waals surface area contributed by atoms with Gasteiger partial charge >= 0.3 is 0 Å². The highest BCUT2D eigenvalue weighted by Crippen LogP contribution is 2.28. The third-order valence-corrected chi connectivity index (χ3v) is 4.10. The largest absolute Gasteiger partial charge is 0.496 e. The Kier molecular flexibility index (Phi) is 4.89. The predicted molar refractivity (Wildman–Crippen MR) is 78.3 cm³/mol. The molecule has 1 N–H and O–H groups in total. The molecule has 1 fully saturated rings. The van der Waals surface area contributed by atoms with E-state index in [4.69, 9.17) is 16.3 Å². The molecule has 110 valence electrons. The standard InChI is InChI=1S/C15H20ClNO3/c1-17(9-10-4-3-5-13(10)18)15(19)12-7-6-11(16)8-14(12)20-2/h6-8,10,13,18H,3-5,9H2,1-2H3. The number of benzene rings is 1. The van der Waals surface area contributed by atoms with Gasteiger partial charge in [-0.15, -0.1) is 0 Å². The van der Waals surface area contributed by atoms with Crippen molar-refractivity contribution in [3.63, 3.8) is 0 Å². The number of carbonyl (C=O) groups is 1. The Morgan fingerprint density at radius 2 is 2.25 bits per heavy atom. The van der Waals surface area contributed by atoms with E-state index in [9.17, 15) is 9.90 Å². The molecule has 0 bridgehead atoms. The Labute approximate surface area is 124 Å². The van der Waals surface area contributed by atoms with Gasteiger partial charge in [-0.2, -0.15) is 0 Å². The lowest BCUT2D eigenvalue weighted by atomic mass is 10.0. The van der Waals surface area contributed by atoms with Crippen LogP contribution >= 0.6 is 11.6 Å². The first kappa shape index (κ1) is 15.1. The van der Waals surface area contributed by atoms with Crippen LogP contribution in [-0.4, -0.2) is 42.7 Å². The zero-order valence-electron chi connectivity index (χ0n) is 11.8. The van der Waals surface area contributed by atoms with Crippen molar-refractivity contribution in [3.8, 4) is 5.75 Å². The molecule has 1 aliphatic carbocycles. The van der Waals surface area contributed by atoms with E-state index in [1.807, 2.05) is 0 Å². The fourth-order valence-electron chi connectivity index (χ4n) is 2.71. The molecule has 0 saturated heterocycles. The molecule has 0 heterocycles. The van der Waals surface area contributed by atoms with Crippen molar-refractivity contribution in [2.75, 3.05) is 20.7 Å². The van der Waals surface area contributed by atoms with Crippen molar-refractivity contribution >= 4 is 17.5 Å². The Balaban J connectivity index is 2.10. The topological polar surface area (TPSA) is 49.8 Å². The van der Waals surface area contributed by atoms with Crippen LogP contribution < -0.4 is 4.74 Å². The number of aliphatic hydroxyl groups excluding tert-OH is 1. The average Bonchev–Trinajstić information content (AvgIpc) is 2.83. The van der Waals surface area contributed by atoms with Crippen molar-refractivity contribution in [1.29, 1.82) is 0 Å². The highest BCUT2D eigenvalue weighted by atomic mass is 35.5. The quantitative estimate of drug-likeness (QED) is 0.929. The van der Waals surface area contributed by atoms with Crippen molar-refractivity contribution in [2.24, 2.45) is 5.92 Å². The van der Waals surface area contributed by atoms with Crippen LogP contribution in [0.4, 0.5) is 0 Å². The molecule has 2 unspecified atom stereocenters. The Morgan fingerprint density at radius 3 is 2.85 bits per heavy atom. The molecule has 0 aliphatic heterocycles. The second-order valence-corrected chi connectivity index (χ2v) is 5.73. The summed E-state index contributed by atoms with van der Waals surface area (Å²) in [5.41, 5.74) is 0.492. The van der Waals surface area contributed by atoms with Gasteiger partial charge in [0.1, 0.15) is 5.75 Å². The van der Waals surface area contributed by atoms with E-state index in [1.165, 1.54) is 7.11 Å². The molecule has 5 heteroatoms. The van der Waals surface area contributed by atoms with Crippen molar-refractivity contribution in [1.82, 2.24) is 4.90 Å². The monoisotopic (exact) mass is 297 g/mol. The first-order valence-electron chi connectivity index (χ1n) is 6.80. The number of halogens is 1. The van der Waals surface area contributed by atoms with Gasteiger partial charge in [0, 0.05) is 24.5 Å². The van der Waals surface area contributed by atoms with Crippen molar-refractivity contribution < 1.29 is 14.6 Å². The maximum Gasteiger partial charge on any atom is 0.257 e. The minimum Gasteiger partial charge on any atom is -0.496 e. The van der Waals surface area contributed by atoms with E-state index in [0.717, 1.165) is 19.3 Å². The first-order chi connectivity index (χ1) is 9.52. The van der Waals surface area contributed by atoms with Crippen LogP contribution in [0, 0.1) is 5.92 Å². The fourth-order valence-corrected chi connectivity index (χ4v) is 2.87. The zero-order valence-corrected chi connectivity index (χ0v) is 12.6. The van der Waals surface area contributed by atoms with Crippen LogP contribution in [0.2, 0.25) is 5.02 Å². The van der Waals surface area contributed by atoms with E-state index in [1.54, 1.807) is 30.1 Å². The summed E-state index contributed by atoms with van der Waals surface area (Å²) >= 11 is 5.90. The Bertz CT molecular complexity index is 492. The van der Waals surface area contributed by atoms with Crippen LogP contribution in [0.25, 0.3) is 0 Å². The molecule has 0 radical (unpaired) electrons. The Hall–Kier alpha value is -1.26. The van der Waals surface area contributed by atoms with Gasteiger partial charge < -0.3 is 14.7 Å². The number of rotatable bonds is 4. The van der Waals surface area contributed by atoms with E-state index >= 15 is 0 Å². The summed E-state index contributed by atoms with van der Waals surface area (Å²) in [6.07, 6.45) is 2.53. The van der Waals surface area contributed by atoms with Gasteiger partial charge in [0.15, 0.2) is 0 Å². The van der Waals surface area contributed by atoms with Gasteiger partial charge in [-0.1, -0.05) is 18.0 Å². The second kappa shape index (κ2) is 6.46. The molecule has 1 aliphatic rings. The highest BCUT2D eigenvalue weighted by molar-refractivity contribution is 6.30. The van der Waals surface area contributed by atoms with E-state index in [-0.39, 0.29) is 17.9 Å². The number of hydrogen-bond donors (Lipinski definition) is 1. The summed E-state index contributed by atoms with van der Waals surface area (Å²) in [6.45, 7) is 0.561. The molecule has 1 aromatic rings. The number of methoxy groups -OCH3 is 1. The van der Waals surface area contributed by atoms with Crippen LogP contribution in [0.5, 0.6) is 5.75 Å². The van der Waals surface area contributed by atoms with Gasteiger partial charge in [0.05, 0.1) is 18.8 Å². The third-order valence-electron chi connectivity index (χ3n) is 3.87. The van der Waals surface area contributed by atoms with Crippen LogP contribution in [0.15, 0.2) is 18.2 Å². The number of ether oxygens (including phenoxy) is 1.